The number of fused-ring (bicyclic) bond motifs is 2. The van der Waals surface area contributed by atoms with E-state index in [1.807, 2.05) is 29.6 Å². The van der Waals surface area contributed by atoms with Gasteiger partial charge in [-0.1, -0.05) is 6.07 Å². The van der Waals surface area contributed by atoms with Crippen molar-refractivity contribution in [1.29, 1.82) is 0 Å². The number of nitrogens with zero attached hydrogens (tertiary/aromatic N) is 2. The number of carbonyl (C=O) groups excluding carboxylic acids is 1. The van der Waals surface area contributed by atoms with E-state index < -0.39 is 0 Å². The number of thiophene rings is 1. The molecule has 2 fully saturated rings. The van der Waals surface area contributed by atoms with Gasteiger partial charge in [-0.25, -0.2) is 4.98 Å². The summed E-state index contributed by atoms with van der Waals surface area (Å²) in [5.74, 6) is 0.850. The largest absolute Gasteiger partial charge is 0.474 e. The number of amides is 1. The summed E-state index contributed by atoms with van der Waals surface area (Å²) in [5.41, 5.74) is 0. The number of pyridine rings is 1. The Kier molecular flexibility index (Phi) is 4.11. The van der Waals surface area contributed by atoms with Gasteiger partial charge in [-0.15, -0.1) is 11.3 Å². The molecule has 2 aromatic rings. The molecule has 1 amide bonds. The highest BCUT2D eigenvalue weighted by Crippen LogP contribution is 2.38. The summed E-state index contributed by atoms with van der Waals surface area (Å²) in [5, 5.41) is 1.96. The second-order valence-corrected chi connectivity index (χ2v) is 7.93. The van der Waals surface area contributed by atoms with E-state index in [4.69, 9.17) is 4.74 Å². The van der Waals surface area contributed by atoms with Crippen molar-refractivity contribution >= 4 is 33.2 Å². The minimum atomic E-state index is 0.154. The molecule has 0 N–H and O–H groups in total. The Balaban J connectivity index is 1.47. The van der Waals surface area contributed by atoms with Crippen LogP contribution in [0.4, 0.5) is 0 Å². The molecule has 2 unspecified atom stereocenters. The fourth-order valence-corrected chi connectivity index (χ4v) is 5.06. The highest BCUT2D eigenvalue weighted by molar-refractivity contribution is 9.10. The van der Waals surface area contributed by atoms with E-state index >= 15 is 0 Å². The zero-order chi connectivity index (χ0) is 15.8. The fourth-order valence-electron chi connectivity index (χ4n) is 3.69. The van der Waals surface area contributed by atoms with Crippen molar-refractivity contribution in [3.8, 4) is 5.88 Å². The molecule has 4 nitrogen and oxygen atoms in total. The van der Waals surface area contributed by atoms with E-state index in [0.29, 0.717) is 5.88 Å². The number of hydrogen-bond acceptors (Lipinski definition) is 4. The molecule has 2 atom stereocenters. The van der Waals surface area contributed by atoms with Crippen LogP contribution in [0.3, 0.4) is 0 Å². The molecule has 2 aliphatic heterocycles. The lowest BCUT2D eigenvalue weighted by atomic mass is 9.99. The van der Waals surface area contributed by atoms with E-state index in [1.54, 1.807) is 6.20 Å². The molecule has 0 aliphatic carbocycles. The highest BCUT2D eigenvalue weighted by Gasteiger charge is 2.44. The molecule has 2 aromatic heterocycles. The van der Waals surface area contributed by atoms with E-state index in [2.05, 4.69) is 25.8 Å². The Morgan fingerprint density at radius 3 is 2.70 bits per heavy atom. The average molecular weight is 393 g/mol. The maximum absolute atomic E-state index is 12.8. The summed E-state index contributed by atoms with van der Waals surface area (Å²) < 4.78 is 7.00. The molecule has 2 bridgehead atoms. The smallest absolute Gasteiger partial charge is 0.264 e. The molecular weight excluding hydrogens is 376 g/mol. The van der Waals surface area contributed by atoms with Gasteiger partial charge in [0.1, 0.15) is 6.10 Å². The molecule has 0 saturated carbocycles. The molecular formula is C17H17BrN2O2S. The van der Waals surface area contributed by atoms with Crippen LogP contribution in [0.1, 0.15) is 35.4 Å². The summed E-state index contributed by atoms with van der Waals surface area (Å²) in [6.07, 6.45) is 5.84. The van der Waals surface area contributed by atoms with Crippen molar-refractivity contribution in [2.45, 2.75) is 43.9 Å². The topological polar surface area (TPSA) is 42.4 Å². The predicted molar refractivity (Wildman–Crippen MR) is 92.9 cm³/mol. The standard InChI is InChI=1S/C17H17BrN2O2S/c18-11-7-15(23-10-11)17(21)20-12-4-5-13(20)9-14(8-12)22-16-3-1-2-6-19-16/h1-3,6-7,10,12-14H,4-5,8-9H2. The van der Waals surface area contributed by atoms with E-state index in [0.717, 1.165) is 35.0 Å². The van der Waals surface area contributed by atoms with Crippen LogP contribution in [0.2, 0.25) is 0 Å². The van der Waals surface area contributed by atoms with Gasteiger partial charge in [0, 0.05) is 47.0 Å². The van der Waals surface area contributed by atoms with Crippen molar-refractivity contribution in [3.63, 3.8) is 0 Å². The molecule has 0 aromatic carbocycles. The number of carbonyl (C=O) groups is 1. The van der Waals surface area contributed by atoms with Crippen molar-refractivity contribution in [1.82, 2.24) is 9.88 Å². The first-order valence-electron chi connectivity index (χ1n) is 7.85. The fraction of sp³-hybridized carbons (Fsp3) is 0.412. The van der Waals surface area contributed by atoms with Crippen molar-refractivity contribution in [2.75, 3.05) is 0 Å². The van der Waals surface area contributed by atoms with Crippen LogP contribution in [0.5, 0.6) is 5.88 Å². The van der Waals surface area contributed by atoms with E-state index in [9.17, 15) is 4.79 Å². The SMILES string of the molecule is O=C(c1cc(Br)cs1)N1C2CCC1CC(Oc1ccccn1)C2. The number of rotatable bonds is 3. The molecule has 0 spiro atoms. The third-order valence-corrected chi connectivity index (χ3v) is 6.31. The predicted octanol–water partition coefficient (Wildman–Crippen LogP) is 4.12. The Labute approximate surface area is 147 Å². The van der Waals surface area contributed by atoms with Crippen LogP contribution in [-0.2, 0) is 0 Å². The van der Waals surface area contributed by atoms with Crippen LogP contribution in [0, 0.1) is 0 Å². The van der Waals surface area contributed by atoms with Crippen molar-refractivity contribution in [2.24, 2.45) is 0 Å². The van der Waals surface area contributed by atoms with Gasteiger partial charge in [0.25, 0.3) is 5.91 Å². The summed E-state index contributed by atoms with van der Waals surface area (Å²) >= 11 is 4.94. The monoisotopic (exact) mass is 392 g/mol. The molecule has 4 heterocycles. The molecule has 4 rings (SSSR count). The molecule has 120 valence electrons. The Hall–Kier alpha value is -1.40. The maximum Gasteiger partial charge on any atom is 0.264 e. The molecule has 23 heavy (non-hydrogen) atoms. The van der Waals surface area contributed by atoms with Gasteiger partial charge in [0.05, 0.1) is 4.88 Å². The first kappa shape index (κ1) is 15.1. The third kappa shape index (κ3) is 3.02. The normalized spacial score (nSPS) is 26.3. The van der Waals surface area contributed by atoms with E-state index in [-0.39, 0.29) is 24.1 Å². The summed E-state index contributed by atoms with van der Waals surface area (Å²) in [6.45, 7) is 0. The number of aromatic nitrogens is 1. The molecule has 2 saturated heterocycles. The van der Waals surface area contributed by atoms with Crippen LogP contribution in [-0.4, -0.2) is 34.0 Å². The van der Waals surface area contributed by atoms with Crippen LogP contribution in [0.25, 0.3) is 0 Å². The summed E-state index contributed by atoms with van der Waals surface area (Å²) in [6, 6.07) is 8.21. The molecule has 2 aliphatic rings. The average Bonchev–Trinajstić information content (AvgIpc) is 3.10. The minimum Gasteiger partial charge on any atom is -0.474 e. The number of ether oxygens (including phenoxy) is 1. The van der Waals surface area contributed by atoms with Gasteiger partial charge >= 0.3 is 0 Å². The lowest BCUT2D eigenvalue weighted by Crippen LogP contribution is -2.49. The van der Waals surface area contributed by atoms with Crippen LogP contribution in [0.15, 0.2) is 40.3 Å². The van der Waals surface area contributed by atoms with Crippen LogP contribution >= 0.6 is 27.3 Å². The van der Waals surface area contributed by atoms with Crippen molar-refractivity contribution < 1.29 is 9.53 Å². The number of piperidine rings is 1. The zero-order valence-electron chi connectivity index (χ0n) is 12.5. The summed E-state index contributed by atoms with van der Waals surface area (Å²) in [4.78, 5) is 20.0. The quantitative estimate of drug-likeness (QED) is 0.788. The second-order valence-electron chi connectivity index (χ2n) is 6.11. The lowest BCUT2D eigenvalue weighted by Gasteiger charge is -2.38. The number of halogens is 1. The van der Waals surface area contributed by atoms with Crippen molar-refractivity contribution in [3.05, 3.63) is 45.2 Å². The lowest BCUT2D eigenvalue weighted by molar-refractivity contribution is 0.0352. The zero-order valence-corrected chi connectivity index (χ0v) is 14.9. The Morgan fingerprint density at radius 1 is 1.30 bits per heavy atom. The molecule has 6 heteroatoms. The van der Waals surface area contributed by atoms with Gasteiger partial charge in [-0.05, 0) is 40.9 Å². The van der Waals surface area contributed by atoms with Gasteiger partial charge in [0.15, 0.2) is 0 Å². The maximum atomic E-state index is 12.8. The molecule has 0 radical (unpaired) electrons. The highest BCUT2D eigenvalue weighted by atomic mass is 79.9. The van der Waals surface area contributed by atoms with Gasteiger partial charge < -0.3 is 9.64 Å². The number of hydrogen-bond donors (Lipinski definition) is 0. The van der Waals surface area contributed by atoms with Gasteiger partial charge in [-0.3, -0.25) is 4.79 Å². The van der Waals surface area contributed by atoms with Gasteiger partial charge in [0.2, 0.25) is 5.88 Å². The minimum absolute atomic E-state index is 0.154. The Morgan fingerprint density at radius 2 is 2.09 bits per heavy atom. The first-order valence-corrected chi connectivity index (χ1v) is 9.52. The first-order chi connectivity index (χ1) is 11.2. The van der Waals surface area contributed by atoms with Gasteiger partial charge in [-0.2, -0.15) is 0 Å². The summed E-state index contributed by atoms with van der Waals surface area (Å²) in [7, 11) is 0. The van der Waals surface area contributed by atoms with E-state index in [1.165, 1.54) is 11.3 Å². The Bertz CT molecular complexity index is 692. The third-order valence-electron chi connectivity index (χ3n) is 4.63. The van der Waals surface area contributed by atoms with Crippen LogP contribution < -0.4 is 4.74 Å². The second kappa shape index (κ2) is 6.24.